The molecule has 0 aliphatic rings. The molecule has 2 rings (SSSR count). The van der Waals surface area contributed by atoms with Gasteiger partial charge in [0.2, 0.25) is 0 Å². The van der Waals surface area contributed by atoms with Gasteiger partial charge in [0.25, 0.3) is 0 Å². The lowest BCUT2D eigenvalue weighted by molar-refractivity contribution is 0.589. The van der Waals surface area contributed by atoms with Gasteiger partial charge in [-0.2, -0.15) is 0 Å². The van der Waals surface area contributed by atoms with E-state index in [-0.39, 0.29) is 5.56 Å². The molecule has 0 unspecified atom stereocenters. The van der Waals surface area contributed by atoms with Crippen LogP contribution in [0.5, 0.6) is 0 Å². The molecule has 0 saturated heterocycles. The van der Waals surface area contributed by atoms with E-state index in [2.05, 4.69) is 12.2 Å². The molecular formula is C17H19F2N. The molecule has 0 fully saturated rings. The van der Waals surface area contributed by atoms with E-state index < -0.39 is 11.6 Å². The molecular weight excluding hydrogens is 256 g/mol. The van der Waals surface area contributed by atoms with E-state index in [4.69, 9.17) is 0 Å². The van der Waals surface area contributed by atoms with Crippen molar-refractivity contribution in [3.05, 3.63) is 59.2 Å². The van der Waals surface area contributed by atoms with Gasteiger partial charge in [0, 0.05) is 6.54 Å². The van der Waals surface area contributed by atoms with Crippen molar-refractivity contribution >= 4 is 0 Å². The van der Waals surface area contributed by atoms with Crippen molar-refractivity contribution in [2.75, 3.05) is 6.54 Å². The number of hydrogen-bond acceptors (Lipinski definition) is 1. The monoisotopic (exact) mass is 275 g/mol. The van der Waals surface area contributed by atoms with Crippen LogP contribution in [0.15, 0.2) is 36.4 Å². The van der Waals surface area contributed by atoms with E-state index in [1.165, 1.54) is 18.2 Å². The summed E-state index contributed by atoms with van der Waals surface area (Å²) in [6, 6.07) is 9.72. The molecule has 3 heteroatoms. The molecule has 0 saturated carbocycles. The van der Waals surface area contributed by atoms with Crippen LogP contribution in [0.4, 0.5) is 8.78 Å². The van der Waals surface area contributed by atoms with Gasteiger partial charge in [0.05, 0.1) is 5.56 Å². The number of halogens is 2. The fraction of sp³-hybridized carbons (Fsp3) is 0.294. The van der Waals surface area contributed by atoms with Crippen molar-refractivity contribution in [1.29, 1.82) is 0 Å². The topological polar surface area (TPSA) is 12.0 Å². The van der Waals surface area contributed by atoms with Gasteiger partial charge in [-0.05, 0) is 54.8 Å². The van der Waals surface area contributed by atoms with E-state index in [0.29, 0.717) is 12.1 Å². The smallest absolute Gasteiger partial charge is 0.133 e. The van der Waals surface area contributed by atoms with E-state index in [1.54, 1.807) is 0 Å². The second kappa shape index (κ2) is 6.62. The number of rotatable bonds is 5. The third kappa shape index (κ3) is 3.23. The molecule has 0 atom stereocenters. The van der Waals surface area contributed by atoms with Gasteiger partial charge in [0.15, 0.2) is 0 Å². The van der Waals surface area contributed by atoms with Crippen molar-refractivity contribution in [1.82, 2.24) is 5.32 Å². The Hall–Kier alpha value is -1.74. The van der Waals surface area contributed by atoms with Crippen LogP contribution in [0.25, 0.3) is 11.1 Å². The maximum atomic E-state index is 13.9. The molecule has 1 nitrogen and oxygen atoms in total. The minimum absolute atomic E-state index is 0.0577. The first-order chi connectivity index (χ1) is 9.63. The predicted octanol–water partition coefficient (Wildman–Crippen LogP) is 4.44. The fourth-order valence-corrected chi connectivity index (χ4v) is 2.21. The highest BCUT2D eigenvalue weighted by Crippen LogP contribution is 2.29. The number of aryl methyl sites for hydroxylation is 1. The molecule has 0 heterocycles. The molecule has 2 aromatic rings. The zero-order chi connectivity index (χ0) is 14.5. The second-order valence-corrected chi connectivity index (χ2v) is 4.92. The summed E-state index contributed by atoms with van der Waals surface area (Å²) in [5.74, 6) is -1.04. The quantitative estimate of drug-likeness (QED) is 0.795. The lowest BCUT2D eigenvalue weighted by atomic mass is 9.97. The summed E-state index contributed by atoms with van der Waals surface area (Å²) in [6.07, 6.45) is 1.06. The van der Waals surface area contributed by atoms with Gasteiger partial charge in [-0.15, -0.1) is 0 Å². The zero-order valence-electron chi connectivity index (χ0n) is 11.8. The highest BCUT2D eigenvalue weighted by atomic mass is 19.1. The van der Waals surface area contributed by atoms with Crippen LogP contribution in [0.2, 0.25) is 0 Å². The third-order valence-electron chi connectivity index (χ3n) is 3.29. The SMILES string of the molecule is CCCNCc1ccc(C)c(-c2c(F)cccc2F)c1. The fourth-order valence-electron chi connectivity index (χ4n) is 2.21. The summed E-state index contributed by atoms with van der Waals surface area (Å²) in [5.41, 5.74) is 2.58. The third-order valence-corrected chi connectivity index (χ3v) is 3.29. The molecule has 0 bridgehead atoms. The Bertz CT molecular complexity index is 573. The summed E-state index contributed by atoms with van der Waals surface area (Å²) in [7, 11) is 0. The molecule has 0 aliphatic carbocycles. The summed E-state index contributed by atoms with van der Waals surface area (Å²) in [4.78, 5) is 0. The Labute approximate surface area is 118 Å². The van der Waals surface area contributed by atoms with Crippen LogP contribution in [0, 0.1) is 18.6 Å². The lowest BCUT2D eigenvalue weighted by Gasteiger charge is -2.11. The molecule has 0 amide bonds. The van der Waals surface area contributed by atoms with Crippen LogP contribution in [-0.2, 0) is 6.54 Å². The van der Waals surface area contributed by atoms with Crippen LogP contribution in [0.3, 0.4) is 0 Å². The van der Waals surface area contributed by atoms with Crippen molar-refractivity contribution < 1.29 is 8.78 Å². The molecule has 1 N–H and O–H groups in total. The molecule has 0 spiro atoms. The van der Waals surface area contributed by atoms with Crippen LogP contribution >= 0.6 is 0 Å². The highest BCUT2D eigenvalue weighted by molar-refractivity contribution is 5.69. The summed E-state index contributed by atoms with van der Waals surface area (Å²) in [6.45, 7) is 5.60. The minimum atomic E-state index is -0.522. The first kappa shape index (κ1) is 14.7. The molecule has 106 valence electrons. The van der Waals surface area contributed by atoms with Crippen LogP contribution < -0.4 is 5.32 Å². The molecule has 0 aliphatic heterocycles. The van der Waals surface area contributed by atoms with Crippen molar-refractivity contribution in [2.45, 2.75) is 26.8 Å². The van der Waals surface area contributed by atoms with E-state index >= 15 is 0 Å². The Morgan fingerprint density at radius 2 is 1.75 bits per heavy atom. The largest absolute Gasteiger partial charge is 0.313 e. The molecule has 0 aromatic heterocycles. The lowest BCUT2D eigenvalue weighted by Crippen LogP contribution is -2.13. The first-order valence-corrected chi connectivity index (χ1v) is 6.88. The molecule has 0 radical (unpaired) electrons. The van der Waals surface area contributed by atoms with E-state index in [0.717, 1.165) is 24.1 Å². The number of benzene rings is 2. The van der Waals surface area contributed by atoms with Crippen molar-refractivity contribution in [3.8, 4) is 11.1 Å². The summed E-state index contributed by atoms with van der Waals surface area (Å²) >= 11 is 0. The van der Waals surface area contributed by atoms with Gasteiger partial charge < -0.3 is 5.32 Å². The summed E-state index contributed by atoms with van der Waals surface area (Å²) in [5, 5.41) is 3.29. The molecule has 2 aromatic carbocycles. The van der Waals surface area contributed by atoms with Crippen LogP contribution in [-0.4, -0.2) is 6.54 Å². The average molecular weight is 275 g/mol. The number of nitrogens with one attached hydrogen (secondary N) is 1. The maximum Gasteiger partial charge on any atom is 0.133 e. The Morgan fingerprint density at radius 3 is 2.40 bits per heavy atom. The standard InChI is InChI=1S/C17H19F2N/c1-3-9-20-11-13-8-7-12(2)14(10-13)17-15(18)5-4-6-16(17)19/h4-8,10,20H,3,9,11H2,1-2H3. The Balaban J connectivity index is 2.38. The molecule has 20 heavy (non-hydrogen) atoms. The Kier molecular flexibility index (Phi) is 4.85. The minimum Gasteiger partial charge on any atom is -0.313 e. The average Bonchev–Trinajstić information content (AvgIpc) is 2.42. The zero-order valence-corrected chi connectivity index (χ0v) is 11.8. The predicted molar refractivity (Wildman–Crippen MR) is 78.5 cm³/mol. The Morgan fingerprint density at radius 1 is 1.05 bits per heavy atom. The van der Waals surface area contributed by atoms with Gasteiger partial charge in [0.1, 0.15) is 11.6 Å². The van der Waals surface area contributed by atoms with Gasteiger partial charge in [-0.25, -0.2) is 8.78 Å². The maximum absolute atomic E-state index is 13.9. The highest BCUT2D eigenvalue weighted by Gasteiger charge is 2.13. The van der Waals surface area contributed by atoms with E-state index in [1.807, 2.05) is 25.1 Å². The van der Waals surface area contributed by atoms with Gasteiger partial charge >= 0.3 is 0 Å². The first-order valence-electron chi connectivity index (χ1n) is 6.88. The van der Waals surface area contributed by atoms with E-state index in [9.17, 15) is 8.78 Å². The van der Waals surface area contributed by atoms with Gasteiger partial charge in [-0.3, -0.25) is 0 Å². The van der Waals surface area contributed by atoms with Crippen molar-refractivity contribution in [2.24, 2.45) is 0 Å². The number of hydrogen-bond donors (Lipinski definition) is 1. The van der Waals surface area contributed by atoms with Gasteiger partial charge in [-0.1, -0.05) is 25.1 Å². The second-order valence-electron chi connectivity index (χ2n) is 4.92. The van der Waals surface area contributed by atoms with Crippen LogP contribution in [0.1, 0.15) is 24.5 Å². The normalized spacial score (nSPS) is 10.8. The van der Waals surface area contributed by atoms with Crippen molar-refractivity contribution in [3.63, 3.8) is 0 Å². The summed E-state index contributed by atoms with van der Waals surface area (Å²) < 4.78 is 27.8.